The zero-order valence-electron chi connectivity index (χ0n) is 7.07. The van der Waals surface area contributed by atoms with E-state index < -0.39 is 0 Å². The number of nitrogens with zero attached hydrogens (tertiary/aromatic N) is 2. The molecular weight excluding hydrogens is 154 g/mol. The zero-order chi connectivity index (χ0) is 8.97. The summed E-state index contributed by atoms with van der Waals surface area (Å²) in [6.07, 6.45) is 1.65. The lowest BCUT2D eigenvalue weighted by molar-refractivity contribution is 0.304. The molecule has 0 aliphatic heterocycles. The average Bonchev–Trinajstić information content (AvgIpc) is 2.05. The van der Waals surface area contributed by atoms with E-state index in [9.17, 15) is 0 Å². The van der Waals surface area contributed by atoms with Gasteiger partial charge >= 0.3 is 0 Å². The number of anilines is 2. The Morgan fingerprint density at radius 1 is 1.67 bits per heavy atom. The second-order valence-corrected chi connectivity index (χ2v) is 2.59. The van der Waals surface area contributed by atoms with Gasteiger partial charge in [0.15, 0.2) is 0 Å². The molecular formula is C8H13N3O. The molecule has 0 unspecified atom stereocenters. The highest BCUT2D eigenvalue weighted by Crippen LogP contribution is 2.11. The molecule has 0 bridgehead atoms. The summed E-state index contributed by atoms with van der Waals surface area (Å²) >= 11 is 0. The smallest absolute Gasteiger partial charge is 0.130 e. The van der Waals surface area contributed by atoms with Crippen molar-refractivity contribution in [2.75, 3.05) is 30.8 Å². The van der Waals surface area contributed by atoms with E-state index in [0.717, 1.165) is 5.82 Å². The molecule has 1 rings (SSSR count). The lowest BCUT2D eigenvalue weighted by Crippen LogP contribution is -2.22. The van der Waals surface area contributed by atoms with Crippen LogP contribution in [0.25, 0.3) is 0 Å². The Morgan fingerprint density at radius 2 is 2.42 bits per heavy atom. The Kier molecular flexibility index (Phi) is 2.88. The first-order valence-corrected chi connectivity index (χ1v) is 3.77. The number of rotatable bonds is 3. The van der Waals surface area contributed by atoms with E-state index in [-0.39, 0.29) is 6.61 Å². The number of likely N-dealkylation sites (N-methyl/N-ethyl adjacent to an activating group) is 1. The fourth-order valence-electron chi connectivity index (χ4n) is 0.907. The van der Waals surface area contributed by atoms with E-state index in [1.807, 2.05) is 11.9 Å². The van der Waals surface area contributed by atoms with Crippen molar-refractivity contribution >= 4 is 11.5 Å². The Bertz CT molecular complexity index is 252. The third-order valence-corrected chi connectivity index (χ3v) is 1.60. The van der Waals surface area contributed by atoms with Gasteiger partial charge in [-0.2, -0.15) is 0 Å². The van der Waals surface area contributed by atoms with Crippen LogP contribution in [0.4, 0.5) is 11.5 Å². The van der Waals surface area contributed by atoms with Crippen LogP contribution in [0.5, 0.6) is 0 Å². The van der Waals surface area contributed by atoms with Gasteiger partial charge < -0.3 is 15.7 Å². The first kappa shape index (κ1) is 8.80. The third-order valence-electron chi connectivity index (χ3n) is 1.60. The molecule has 66 valence electrons. The summed E-state index contributed by atoms with van der Waals surface area (Å²) in [4.78, 5) is 5.94. The van der Waals surface area contributed by atoms with Gasteiger partial charge in [0, 0.05) is 31.5 Å². The third kappa shape index (κ3) is 2.10. The maximum atomic E-state index is 8.67. The van der Waals surface area contributed by atoms with Crippen LogP contribution in [-0.4, -0.2) is 30.3 Å². The largest absolute Gasteiger partial charge is 0.399 e. The molecule has 0 radical (unpaired) electrons. The second-order valence-electron chi connectivity index (χ2n) is 2.59. The minimum absolute atomic E-state index is 0.118. The molecule has 0 amide bonds. The Labute approximate surface area is 71.6 Å². The number of aliphatic hydroxyl groups is 1. The van der Waals surface area contributed by atoms with Crippen LogP contribution in [0, 0.1) is 0 Å². The van der Waals surface area contributed by atoms with Crippen LogP contribution in [0.1, 0.15) is 0 Å². The van der Waals surface area contributed by atoms with Crippen LogP contribution >= 0.6 is 0 Å². The number of pyridine rings is 1. The van der Waals surface area contributed by atoms with Gasteiger partial charge in [-0.05, 0) is 6.07 Å². The molecule has 0 saturated heterocycles. The number of nitrogen functional groups attached to an aromatic ring is 1. The van der Waals surface area contributed by atoms with E-state index >= 15 is 0 Å². The van der Waals surface area contributed by atoms with Crippen molar-refractivity contribution in [2.24, 2.45) is 0 Å². The SMILES string of the molecule is CN(CCO)c1cc(N)ccn1. The highest BCUT2D eigenvalue weighted by Gasteiger charge is 2.00. The topological polar surface area (TPSA) is 62.4 Å². The molecule has 0 aliphatic rings. The van der Waals surface area contributed by atoms with Crippen LogP contribution in [0.2, 0.25) is 0 Å². The van der Waals surface area contributed by atoms with Crippen LogP contribution < -0.4 is 10.6 Å². The summed E-state index contributed by atoms with van der Waals surface area (Å²) in [6.45, 7) is 0.684. The summed E-state index contributed by atoms with van der Waals surface area (Å²) < 4.78 is 0. The molecule has 1 heterocycles. The summed E-state index contributed by atoms with van der Waals surface area (Å²) in [7, 11) is 1.86. The van der Waals surface area contributed by atoms with Gasteiger partial charge in [-0.3, -0.25) is 0 Å². The zero-order valence-corrected chi connectivity index (χ0v) is 7.07. The van der Waals surface area contributed by atoms with Gasteiger partial charge in [-0.1, -0.05) is 0 Å². The first-order chi connectivity index (χ1) is 5.74. The van der Waals surface area contributed by atoms with E-state index in [1.54, 1.807) is 18.3 Å². The quantitative estimate of drug-likeness (QED) is 0.670. The first-order valence-electron chi connectivity index (χ1n) is 3.77. The Balaban J connectivity index is 2.73. The maximum absolute atomic E-state index is 8.67. The summed E-state index contributed by atoms with van der Waals surface area (Å²) in [5.41, 5.74) is 6.25. The maximum Gasteiger partial charge on any atom is 0.130 e. The van der Waals surface area contributed by atoms with Gasteiger partial charge in [0.05, 0.1) is 6.61 Å². The summed E-state index contributed by atoms with van der Waals surface area (Å²) in [5.74, 6) is 0.782. The van der Waals surface area contributed by atoms with Gasteiger partial charge in [0.25, 0.3) is 0 Å². The van der Waals surface area contributed by atoms with E-state index in [0.29, 0.717) is 12.2 Å². The lowest BCUT2D eigenvalue weighted by atomic mass is 10.4. The van der Waals surface area contributed by atoms with Crippen LogP contribution in [0.3, 0.4) is 0 Å². The van der Waals surface area contributed by atoms with Crippen molar-refractivity contribution in [3.8, 4) is 0 Å². The molecule has 3 N–H and O–H groups in total. The minimum Gasteiger partial charge on any atom is -0.399 e. The molecule has 4 nitrogen and oxygen atoms in total. The predicted molar refractivity (Wildman–Crippen MR) is 49.0 cm³/mol. The molecule has 0 aromatic carbocycles. The molecule has 0 fully saturated rings. The molecule has 1 aromatic rings. The van der Waals surface area contributed by atoms with E-state index in [4.69, 9.17) is 10.8 Å². The van der Waals surface area contributed by atoms with Crippen molar-refractivity contribution in [3.05, 3.63) is 18.3 Å². The van der Waals surface area contributed by atoms with Crippen molar-refractivity contribution in [1.29, 1.82) is 0 Å². The van der Waals surface area contributed by atoms with Crippen molar-refractivity contribution < 1.29 is 5.11 Å². The fourth-order valence-corrected chi connectivity index (χ4v) is 0.907. The highest BCUT2D eigenvalue weighted by molar-refractivity contribution is 5.49. The molecule has 1 aromatic heterocycles. The van der Waals surface area contributed by atoms with Crippen molar-refractivity contribution in [3.63, 3.8) is 0 Å². The normalized spacial score (nSPS) is 9.83. The van der Waals surface area contributed by atoms with Crippen molar-refractivity contribution in [2.45, 2.75) is 0 Å². The molecule has 12 heavy (non-hydrogen) atoms. The Morgan fingerprint density at radius 3 is 3.00 bits per heavy atom. The molecule has 0 spiro atoms. The predicted octanol–water partition coefficient (Wildman–Crippen LogP) is 0.0923. The second kappa shape index (κ2) is 3.92. The lowest BCUT2D eigenvalue weighted by Gasteiger charge is -2.16. The van der Waals surface area contributed by atoms with Crippen LogP contribution in [0.15, 0.2) is 18.3 Å². The molecule has 0 saturated carbocycles. The molecule has 0 atom stereocenters. The summed E-state index contributed by atoms with van der Waals surface area (Å²) in [5, 5.41) is 8.67. The monoisotopic (exact) mass is 167 g/mol. The number of hydrogen-bond donors (Lipinski definition) is 2. The Hall–Kier alpha value is -1.29. The highest BCUT2D eigenvalue weighted by atomic mass is 16.3. The number of aliphatic hydroxyl groups excluding tert-OH is 1. The molecule has 4 heteroatoms. The standard InChI is InChI=1S/C8H13N3O/c1-11(4-5-12)8-6-7(9)2-3-10-8/h2-3,6,12H,4-5H2,1H3,(H2,9,10). The van der Waals surface area contributed by atoms with Crippen LogP contribution in [-0.2, 0) is 0 Å². The number of hydrogen-bond acceptors (Lipinski definition) is 4. The fraction of sp³-hybridized carbons (Fsp3) is 0.375. The molecule has 0 aliphatic carbocycles. The average molecular weight is 167 g/mol. The minimum atomic E-state index is 0.118. The van der Waals surface area contributed by atoms with E-state index in [2.05, 4.69) is 4.98 Å². The van der Waals surface area contributed by atoms with E-state index in [1.165, 1.54) is 0 Å². The van der Waals surface area contributed by atoms with Gasteiger partial charge in [0.1, 0.15) is 5.82 Å². The van der Waals surface area contributed by atoms with Crippen molar-refractivity contribution in [1.82, 2.24) is 4.98 Å². The van der Waals surface area contributed by atoms with Gasteiger partial charge in [-0.25, -0.2) is 4.98 Å². The number of nitrogens with two attached hydrogens (primary N) is 1. The summed E-state index contributed by atoms with van der Waals surface area (Å²) in [6, 6.07) is 3.51. The number of aromatic nitrogens is 1. The van der Waals surface area contributed by atoms with Gasteiger partial charge in [0.2, 0.25) is 0 Å². The van der Waals surface area contributed by atoms with Gasteiger partial charge in [-0.15, -0.1) is 0 Å².